The summed E-state index contributed by atoms with van der Waals surface area (Å²) in [7, 11) is 0. The van der Waals surface area contributed by atoms with E-state index in [1.807, 2.05) is 17.0 Å². The fourth-order valence-electron chi connectivity index (χ4n) is 2.76. The van der Waals surface area contributed by atoms with Gasteiger partial charge in [-0.3, -0.25) is 4.79 Å². The van der Waals surface area contributed by atoms with Gasteiger partial charge >= 0.3 is 0 Å². The SMILES string of the molecule is O=C(c1cccc(Br)c1Cl)N(CCBr)C1CCCCC1. The van der Waals surface area contributed by atoms with E-state index in [4.69, 9.17) is 11.6 Å². The molecule has 1 amide bonds. The van der Waals surface area contributed by atoms with E-state index in [-0.39, 0.29) is 5.91 Å². The molecule has 1 aromatic rings. The maximum atomic E-state index is 12.8. The average molecular weight is 424 g/mol. The maximum absolute atomic E-state index is 12.8. The third-order valence-electron chi connectivity index (χ3n) is 3.78. The van der Waals surface area contributed by atoms with Crippen LogP contribution < -0.4 is 0 Å². The van der Waals surface area contributed by atoms with Crippen molar-refractivity contribution in [2.45, 2.75) is 38.1 Å². The molecule has 110 valence electrons. The van der Waals surface area contributed by atoms with Crippen molar-refractivity contribution >= 4 is 49.4 Å². The molecule has 1 aliphatic rings. The van der Waals surface area contributed by atoms with Crippen LogP contribution in [0.3, 0.4) is 0 Å². The number of halogens is 3. The highest BCUT2D eigenvalue weighted by Crippen LogP contribution is 2.29. The van der Waals surface area contributed by atoms with E-state index in [1.165, 1.54) is 19.3 Å². The van der Waals surface area contributed by atoms with Crippen LogP contribution in [0.15, 0.2) is 22.7 Å². The van der Waals surface area contributed by atoms with Crippen LogP contribution in [0.4, 0.5) is 0 Å². The average Bonchev–Trinajstić information content (AvgIpc) is 2.48. The molecule has 0 unspecified atom stereocenters. The number of rotatable bonds is 4. The van der Waals surface area contributed by atoms with Crippen LogP contribution in [-0.2, 0) is 0 Å². The molecule has 0 aliphatic heterocycles. The summed E-state index contributed by atoms with van der Waals surface area (Å²) in [5.74, 6) is 0.0441. The van der Waals surface area contributed by atoms with Crippen LogP contribution >= 0.6 is 43.5 Å². The number of amides is 1. The van der Waals surface area contributed by atoms with Crippen molar-refractivity contribution in [1.82, 2.24) is 4.90 Å². The van der Waals surface area contributed by atoms with Gasteiger partial charge in [0, 0.05) is 22.4 Å². The Hall–Kier alpha value is -0.0600. The highest BCUT2D eigenvalue weighted by molar-refractivity contribution is 9.10. The lowest BCUT2D eigenvalue weighted by atomic mass is 9.93. The van der Waals surface area contributed by atoms with Gasteiger partial charge < -0.3 is 4.90 Å². The molecular weight excluding hydrogens is 405 g/mol. The number of carbonyl (C=O) groups excluding carboxylic acids is 1. The van der Waals surface area contributed by atoms with Crippen molar-refractivity contribution in [2.75, 3.05) is 11.9 Å². The molecule has 0 atom stereocenters. The zero-order chi connectivity index (χ0) is 14.5. The first-order valence-corrected chi connectivity index (χ1v) is 9.25. The van der Waals surface area contributed by atoms with Crippen LogP contribution in [0.25, 0.3) is 0 Å². The van der Waals surface area contributed by atoms with Crippen LogP contribution in [0, 0.1) is 0 Å². The first kappa shape index (κ1) is 16.3. The lowest BCUT2D eigenvalue weighted by Crippen LogP contribution is -2.42. The number of nitrogens with zero attached hydrogens (tertiary/aromatic N) is 1. The molecule has 1 saturated carbocycles. The van der Waals surface area contributed by atoms with Gasteiger partial charge in [-0.25, -0.2) is 0 Å². The van der Waals surface area contributed by atoms with Crippen molar-refractivity contribution in [1.29, 1.82) is 0 Å². The van der Waals surface area contributed by atoms with Crippen LogP contribution in [0.5, 0.6) is 0 Å². The van der Waals surface area contributed by atoms with Gasteiger partial charge in [0.1, 0.15) is 0 Å². The number of alkyl halides is 1. The van der Waals surface area contributed by atoms with E-state index in [9.17, 15) is 4.79 Å². The Morgan fingerprint density at radius 1 is 1.30 bits per heavy atom. The first-order chi connectivity index (χ1) is 9.65. The molecule has 0 spiro atoms. The van der Waals surface area contributed by atoms with Crippen LogP contribution in [0.1, 0.15) is 42.5 Å². The summed E-state index contributed by atoms with van der Waals surface area (Å²) < 4.78 is 0.771. The third kappa shape index (κ3) is 3.77. The molecule has 1 fully saturated rings. The Morgan fingerprint density at radius 3 is 2.65 bits per heavy atom. The van der Waals surface area contributed by atoms with Crippen molar-refractivity contribution in [3.63, 3.8) is 0 Å². The second kappa shape index (κ2) is 7.81. The summed E-state index contributed by atoms with van der Waals surface area (Å²) in [6, 6.07) is 5.87. The minimum absolute atomic E-state index is 0.0441. The predicted octanol–water partition coefficient (Wildman–Crippen LogP) is 5.27. The van der Waals surface area contributed by atoms with E-state index in [0.29, 0.717) is 16.6 Å². The Labute approximate surface area is 142 Å². The Bertz CT molecular complexity index is 475. The van der Waals surface area contributed by atoms with Gasteiger partial charge in [0.25, 0.3) is 5.91 Å². The fourth-order valence-corrected chi connectivity index (χ4v) is 3.71. The number of hydrogen-bond donors (Lipinski definition) is 0. The van der Waals surface area contributed by atoms with Gasteiger partial charge in [-0.2, -0.15) is 0 Å². The second-order valence-electron chi connectivity index (χ2n) is 5.08. The van der Waals surface area contributed by atoms with Crippen molar-refractivity contribution in [2.24, 2.45) is 0 Å². The van der Waals surface area contributed by atoms with E-state index >= 15 is 0 Å². The van der Waals surface area contributed by atoms with Gasteiger partial charge in [0.05, 0.1) is 10.6 Å². The van der Waals surface area contributed by atoms with E-state index < -0.39 is 0 Å². The van der Waals surface area contributed by atoms with Gasteiger partial charge in [0.15, 0.2) is 0 Å². The van der Waals surface area contributed by atoms with Crippen molar-refractivity contribution < 1.29 is 4.79 Å². The standard InChI is InChI=1S/C15H18Br2ClNO/c16-9-10-19(11-5-2-1-3-6-11)15(20)12-7-4-8-13(17)14(12)18/h4,7-8,11H,1-3,5-6,9-10H2. The minimum atomic E-state index is 0.0441. The first-order valence-electron chi connectivity index (χ1n) is 6.96. The number of hydrogen-bond acceptors (Lipinski definition) is 1. The highest BCUT2D eigenvalue weighted by atomic mass is 79.9. The van der Waals surface area contributed by atoms with Gasteiger partial charge in [-0.1, -0.05) is 52.9 Å². The molecule has 0 bridgehead atoms. The van der Waals surface area contributed by atoms with E-state index in [1.54, 1.807) is 6.07 Å². The van der Waals surface area contributed by atoms with Crippen molar-refractivity contribution in [3.05, 3.63) is 33.3 Å². The summed E-state index contributed by atoms with van der Waals surface area (Å²) in [6.07, 6.45) is 5.91. The summed E-state index contributed by atoms with van der Waals surface area (Å²) in [6.45, 7) is 0.729. The quantitative estimate of drug-likeness (QED) is 0.604. The van der Waals surface area contributed by atoms with Crippen LogP contribution in [0.2, 0.25) is 5.02 Å². The smallest absolute Gasteiger partial charge is 0.255 e. The maximum Gasteiger partial charge on any atom is 0.255 e. The number of carbonyl (C=O) groups is 1. The Kier molecular flexibility index (Phi) is 6.37. The molecule has 1 aromatic carbocycles. The summed E-state index contributed by atoms with van der Waals surface area (Å²) in [5.41, 5.74) is 0.590. The van der Waals surface area contributed by atoms with Crippen molar-refractivity contribution in [3.8, 4) is 0 Å². The summed E-state index contributed by atoms with van der Waals surface area (Å²) in [4.78, 5) is 14.8. The molecule has 0 N–H and O–H groups in total. The van der Waals surface area contributed by atoms with Gasteiger partial charge in [-0.05, 0) is 40.9 Å². The molecule has 0 radical (unpaired) electrons. The Balaban J connectivity index is 2.23. The van der Waals surface area contributed by atoms with Crippen LogP contribution in [-0.4, -0.2) is 28.7 Å². The predicted molar refractivity (Wildman–Crippen MR) is 90.9 cm³/mol. The normalized spacial score (nSPS) is 16.1. The molecule has 1 aliphatic carbocycles. The minimum Gasteiger partial charge on any atom is -0.335 e. The third-order valence-corrected chi connectivity index (χ3v) is 5.43. The van der Waals surface area contributed by atoms with Gasteiger partial charge in [-0.15, -0.1) is 0 Å². The summed E-state index contributed by atoms with van der Waals surface area (Å²) in [5, 5.41) is 1.30. The topological polar surface area (TPSA) is 20.3 Å². The molecular formula is C15H18Br2ClNO. The van der Waals surface area contributed by atoms with E-state index in [0.717, 1.165) is 29.2 Å². The lowest BCUT2D eigenvalue weighted by molar-refractivity contribution is 0.0651. The zero-order valence-corrected chi connectivity index (χ0v) is 15.2. The largest absolute Gasteiger partial charge is 0.335 e. The molecule has 2 rings (SSSR count). The zero-order valence-electron chi connectivity index (χ0n) is 11.2. The van der Waals surface area contributed by atoms with Gasteiger partial charge in [0.2, 0.25) is 0 Å². The molecule has 0 saturated heterocycles. The monoisotopic (exact) mass is 421 g/mol. The Morgan fingerprint density at radius 2 is 2.00 bits per heavy atom. The van der Waals surface area contributed by atoms with E-state index in [2.05, 4.69) is 31.9 Å². The molecule has 0 aromatic heterocycles. The molecule has 0 heterocycles. The molecule has 2 nitrogen and oxygen atoms in total. The highest BCUT2D eigenvalue weighted by Gasteiger charge is 2.27. The lowest BCUT2D eigenvalue weighted by Gasteiger charge is -2.34. The second-order valence-corrected chi connectivity index (χ2v) is 7.11. The number of benzene rings is 1. The molecule has 5 heteroatoms. The fraction of sp³-hybridized carbons (Fsp3) is 0.533. The summed E-state index contributed by atoms with van der Waals surface area (Å²) >= 11 is 13.1. The molecule has 20 heavy (non-hydrogen) atoms.